The summed E-state index contributed by atoms with van der Waals surface area (Å²) >= 11 is 0. The summed E-state index contributed by atoms with van der Waals surface area (Å²) in [7, 11) is 0. The van der Waals surface area contributed by atoms with Crippen molar-refractivity contribution in [1.29, 1.82) is 0 Å². The van der Waals surface area contributed by atoms with Gasteiger partial charge < -0.3 is 5.32 Å². The van der Waals surface area contributed by atoms with Crippen molar-refractivity contribution in [3.63, 3.8) is 0 Å². The van der Waals surface area contributed by atoms with Gasteiger partial charge in [-0.05, 0) is 50.3 Å². The molecule has 0 amide bonds. The lowest BCUT2D eigenvalue weighted by Crippen LogP contribution is -2.28. The lowest BCUT2D eigenvalue weighted by Gasteiger charge is -2.20. The summed E-state index contributed by atoms with van der Waals surface area (Å²) < 4.78 is 0. The Bertz CT molecular complexity index is 350. The quantitative estimate of drug-likeness (QED) is 0.809. The molecule has 0 bridgehead atoms. The zero-order valence-corrected chi connectivity index (χ0v) is 10.7. The van der Waals surface area contributed by atoms with Crippen LogP contribution >= 0.6 is 0 Å². The smallest absolute Gasteiger partial charge is 0.0294 e. The Morgan fingerprint density at radius 2 is 1.81 bits per heavy atom. The molecule has 1 aromatic carbocycles. The topological polar surface area (TPSA) is 12.0 Å². The lowest BCUT2D eigenvalue weighted by molar-refractivity contribution is 0.461. The van der Waals surface area contributed by atoms with E-state index in [0.29, 0.717) is 6.04 Å². The molecule has 0 saturated heterocycles. The summed E-state index contributed by atoms with van der Waals surface area (Å²) in [6, 6.07) is 8.05. The van der Waals surface area contributed by atoms with Gasteiger partial charge in [0.25, 0.3) is 0 Å². The van der Waals surface area contributed by atoms with Gasteiger partial charge in [-0.1, -0.05) is 31.0 Å². The first-order chi connectivity index (χ1) is 7.66. The molecule has 1 nitrogen and oxygen atoms in total. The number of nitrogens with one attached hydrogen (secondary N) is 1. The summed E-state index contributed by atoms with van der Waals surface area (Å²) in [5.41, 5.74) is 4.21. The second kappa shape index (κ2) is 5.01. The Morgan fingerprint density at radius 3 is 2.44 bits per heavy atom. The van der Waals surface area contributed by atoms with Crippen LogP contribution in [0.5, 0.6) is 0 Å². The van der Waals surface area contributed by atoms with Gasteiger partial charge in [0, 0.05) is 12.1 Å². The second-order valence-electron chi connectivity index (χ2n) is 5.21. The Kier molecular flexibility index (Phi) is 3.65. The second-order valence-corrected chi connectivity index (χ2v) is 5.21. The Morgan fingerprint density at radius 1 is 1.12 bits per heavy atom. The first-order valence-electron chi connectivity index (χ1n) is 6.50. The van der Waals surface area contributed by atoms with Crippen LogP contribution in [0.1, 0.15) is 55.3 Å². The van der Waals surface area contributed by atoms with Gasteiger partial charge in [0.2, 0.25) is 0 Å². The summed E-state index contributed by atoms with van der Waals surface area (Å²) in [4.78, 5) is 0. The molecular weight excluding hydrogens is 194 g/mol. The molecule has 16 heavy (non-hydrogen) atoms. The van der Waals surface area contributed by atoms with Crippen molar-refractivity contribution >= 4 is 0 Å². The van der Waals surface area contributed by atoms with E-state index in [1.165, 1.54) is 42.4 Å². The third kappa shape index (κ3) is 2.65. The molecule has 0 spiro atoms. The summed E-state index contributed by atoms with van der Waals surface area (Å²) in [5, 5.41) is 3.74. The van der Waals surface area contributed by atoms with Crippen LogP contribution in [0.2, 0.25) is 0 Å². The molecule has 1 atom stereocenters. The standard InChI is InChI=1S/C15H23N/c1-11-8-9-14(10-12(11)2)13(3)16-15-6-4-5-7-15/h8-10,13,15-16H,4-7H2,1-3H3. The number of rotatable bonds is 3. The minimum Gasteiger partial charge on any atom is -0.307 e. The third-order valence-electron chi connectivity index (χ3n) is 3.87. The largest absolute Gasteiger partial charge is 0.307 e. The zero-order valence-electron chi connectivity index (χ0n) is 10.7. The molecule has 1 unspecified atom stereocenters. The van der Waals surface area contributed by atoms with Gasteiger partial charge in [0.05, 0.1) is 0 Å². The van der Waals surface area contributed by atoms with E-state index in [4.69, 9.17) is 0 Å². The monoisotopic (exact) mass is 217 g/mol. The molecule has 1 aliphatic carbocycles. The van der Waals surface area contributed by atoms with Crippen molar-refractivity contribution in [3.05, 3.63) is 34.9 Å². The molecule has 0 radical (unpaired) electrons. The van der Waals surface area contributed by atoms with Crippen molar-refractivity contribution in [1.82, 2.24) is 5.32 Å². The molecule has 0 aromatic heterocycles. The summed E-state index contributed by atoms with van der Waals surface area (Å²) in [6.45, 7) is 6.65. The SMILES string of the molecule is Cc1ccc(C(C)NC2CCCC2)cc1C. The molecule has 88 valence electrons. The fourth-order valence-corrected chi connectivity index (χ4v) is 2.58. The number of aryl methyl sites for hydroxylation is 2. The van der Waals surface area contributed by atoms with Gasteiger partial charge in [-0.2, -0.15) is 0 Å². The average Bonchev–Trinajstić information content (AvgIpc) is 2.74. The van der Waals surface area contributed by atoms with Crippen LogP contribution in [0.3, 0.4) is 0 Å². The van der Waals surface area contributed by atoms with Gasteiger partial charge in [0.1, 0.15) is 0 Å². The molecule has 0 heterocycles. The van der Waals surface area contributed by atoms with Crippen LogP contribution < -0.4 is 5.32 Å². The highest BCUT2D eigenvalue weighted by Gasteiger charge is 2.17. The van der Waals surface area contributed by atoms with Crippen molar-refractivity contribution in [2.24, 2.45) is 0 Å². The summed E-state index contributed by atoms with van der Waals surface area (Å²) in [6.07, 6.45) is 5.51. The molecule has 1 aromatic rings. The molecule has 1 fully saturated rings. The molecule has 1 aliphatic rings. The normalized spacial score (nSPS) is 18.9. The highest BCUT2D eigenvalue weighted by atomic mass is 14.9. The fraction of sp³-hybridized carbons (Fsp3) is 0.600. The minimum atomic E-state index is 0.488. The number of hydrogen-bond acceptors (Lipinski definition) is 1. The van der Waals surface area contributed by atoms with Crippen LogP contribution in [0.15, 0.2) is 18.2 Å². The Hall–Kier alpha value is -0.820. The molecular formula is C15H23N. The van der Waals surface area contributed by atoms with E-state index in [9.17, 15) is 0 Å². The van der Waals surface area contributed by atoms with Crippen LogP contribution in [0, 0.1) is 13.8 Å². The van der Waals surface area contributed by atoms with Crippen molar-refractivity contribution in [3.8, 4) is 0 Å². The van der Waals surface area contributed by atoms with Gasteiger partial charge >= 0.3 is 0 Å². The van der Waals surface area contributed by atoms with E-state index in [1.807, 2.05) is 0 Å². The van der Waals surface area contributed by atoms with E-state index < -0.39 is 0 Å². The van der Waals surface area contributed by atoms with Gasteiger partial charge in [-0.3, -0.25) is 0 Å². The lowest BCUT2D eigenvalue weighted by atomic mass is 10.0. The predicted molar refractivity (Wildman–Crippen MR) is 69.7 cm³/mol. The maximum absolute atomic E-state index is 3.74. The number of benzene rings is 1. The van der Waals surface area contributed by atoms with Crippen molar-refractivity contribution in [2.45, 2.75) is 58.5 Å². The van der Waals surface area contributed by atoms with Crippen LogP contribution in [-0.2, 0) is 0 Å². The molecule has 0 aliphatic heterocycles. The van der Waals surface area contributed by atoms with Crippen LogP contribution in [-0.4, -0.2) is 6.04 Å². The van der Waals surface area contributed by atoms with E-state index >= 15 is 0 Å². The highest BCUT2D eigenvalue weighted by molar-refractivity contribution is 5.31. The van der Waals surface area contributed by atoms with Gasteiger partial charge in [-0.25, -0.2) is 0 Å². The number of hydrogen-bond donors (Lipinski definition) is 1. The first kappa shape index (κ1) is 11.7. The first-order valence-corrected chi connectivity index (χ1v) is 6.50. The van der Waals surface area contributed by atoms with E-state index in [-0.39, 0.29) is 0 Å². The molecule has 2 rings (SSSR count). The zero-order chi connectivity index (χ0) is 11.5. The van der Waals surface area contributed by atoms with E-state index in [1.54, 1.807) is 0 Å². The molecule has 1 saturated carbocycles. The van der Waals surface area contributed by atoms with Gasteiger partial charge in [-0.15, -0.1) is 0 Å². The fourth-order valence-electron chi connectivity index (χ4n) is 2.58. The Labute approximate surface area is 99.3 Å². The Balaban J connectivity index is 2.02. The van der Waals surface area contributed by atoms with Crippen LogP contribution in [0.25, 0.3) is 0 Å². The predicted octanol–water partition coefficient (Wildman–Crippen LogP) is 3.90. The average molecular weight is 217 g/mol. The minimum absolute atomic E-state index is 0.488. The van der Waals surface area contributed by atoms with Crippen LogP contribution in [0.4, 0.5) is 0 Å². The molecule has 1 heteroatoms. The van der Waals surface area contributed by atoms with Crippen molar-refractivity contribution in [2.75, 3.05) is 0 Å². The van der Waals surface area contributed by atoms with E-state index in [2.05, 4.69) is 44.3 Å². The maximum atomic E-state index is 3.74. The maximum Gasteiger partial charge on any atom is 0.0294 e. The molecule has 1 N–H and O–H groups in total. The summed E-state index contributed by atoms with van der Waals surface area (Å²) in [5.74, 6) is 0. The van der Waals surface area contributed by atoms with E-state index in [0.717, 1.165) is 6.04 Å². The highest BCUT2D eigenvalue weighted by Crippen LogP contribution is 2.23. The van der Waals surface area contributed by atoms with Crippen molar-refractivity contribution < 1.29 is 0 Å². The van der Waals surface area contributed by atoms with Gasteiger partial charge in [0.15, 0.2) is 0 Å². The third-order valence-corrected chi connectivity index (χ3v) is 3.87.